The van der Waals surface area contributed by atoms with Gasteiger partial charge in [0.2, 0.25) is 70.9 Å². The molecule has 2 rings (SSSR count). The highest BCUT2D eigenvalue weighted by Crippen LogP contribution is 2.21. The molecule has 1 aliphatic heterocycles. The SMILES string of the molecule is CC[C@H](C)[C@H](NC(=O)[C@H](CC(N)=O)NC(=O)[C@H](C)N)C(=O)N[C@@H](CC(=O)O)C(=O)N[C@@H](C)C(=O)N[C@H](C(=O)N1CCC[C@H]1C(=O)N[C@@H](CC(C)C)C(=O)N[C@@H](Cc1ccccc1)C(=O)N[C@@H](CC(C)C)C(=O)N[C@@H](CCCN=C(N)N)C(=O)N[C@@H](C)C(=O)O)[C@@H](C)O. The fraction of sp³-hybridized carbons (Fsp3) is 0.644. The lowest BCUT2D eigenvalue weighted by Crippen LogP contribution is -2.62. The van der Waals surface area contributed by atoms with Crippen LogP contribution in [0.3, 0.4) is 0 Å². The number of aliphatic imine (C=N–C) groups is 1. The fourth-order valence-corrected chi connectivity index (χ4v) is 9.54. The Labute approximate surface area is 534 Å². The summed E-state index contributed by atoms with van der Waals surface area (Å²) in [5.74, 6) is -15.5. The van der Waals surface area contributed by atoms with Crippen molar-refractivity contribution in [2.45, 2.75) is 212 Å². The van der Waals surface area contributed by atoms with Crippen LogP contribution >= 0.6 is 0 Å². The maximum Gasteiger partial charge on any atom is 0.325 e. The third kappa shape index (κ3) is 27.2. The van der Waals surface area contributed by atoms with Crippen LogP contribution in [0.25, 0.3) is 0 Å². The summed E-state index contributed by atoms with van der Waals surface area (Å²) in [6, 6.07) is -8.74. The maximum atomic E-state index is 14.5. The van der Waals surface area contributed by atoms with Crippen LogP contribution < -0.4 is 76.1 Å². The number of carbonyl (C=O) groups is 14. The van der Waals surface area contributed by atoms with Crippen LogP contribution in [0.1, 0.15) is 133 Å². The molecule has 92 heavy (non-hydrogen) atoms. The highest BCUT2D eigenvalue weighted by Gasteiger charge is 2.42. The number of aliphatic carboxylic acids is 2. The number of guanidine groups is 1. The average molecular weight is 1300 g/mol. The van der Waals surface area contributed by atoms with Crippen molar-refractivity contribution >= 4 is 88.8 Å². The predicted molar refractivity (Wildman–Crippen MR) is 333 cm³/mol. The molecule has 0 radical (unpaired) electrons. The Balaban J connectivity index is 2.39. The van der Waals surface area contributed by atoms with Gasteiger partial charge in [0.15, 0.2) is 5.96 Å². The van der Waals surface area contributed by atoms with E-state index in [9.17, 15) is 82.4 Å². The number of hydrogen-bond acceptors (Lipinski definition) is 17. The number of carboxylic acids is 2. The van der Waals surface area contributed by atoms with Gasteiger partial charge in [0, 0.05) is 19.5 Å². The number of benzene rings is 1. The Morgan fingerprint density at radius 2 is 1.04 bits per heavy atom. The van der Waals surface area contributed by atoms with Crippen molar-refractivity contribution in [3.63, 3.8) is 0 Å². The number of carbonyl (C=O) groups excluding carboxylic acids is 12. The first-order valence-electron chi connectivity index (χ1n) is 30.6. The van der Waals surface area contributed by atoms with E-state index in [4.69, 9.17) is 22.9 Å². The molecule has 33 heteroatoms. The summed E-state index contributed by atoms with van der Waals surface area (Å²) in [6.07, 6.45) is -2.70. The van der Waals surface area contributed by atoms with Gasteiger partial charge in [-0.3, -0.25) is 72.1 Å². The second kappa shape index (κ2) is 38.6. The molecule has 1 aromatic carbocycles. The van der Waals surface area contributed by atoms with Crippen molar-refractivity contribution in [1.29, 1.82) is 0 Å². The number of primary amides is 1. The topological polar surface area (TPSA) is 540 Å². The zero-order valence-electron chi connectivity index (χ0n) is 53.9. The molecule has 1 heterocycles. The van der Waals surface area contributed by atoms with Gasteiger partial charge in [-0.1, -0.05) is 78.3 Å². The Bertz CT molecular complexity index is 2780. The highest BCUT2D eigenvalue weighted by atomic mass is 16.4. The molecule has 0 spiro atoms. The summed E-state index contributed by atoms with van der Waals surface area (Å²) in [5.41, 5.74) is 22.4. The van der Waals surface area contributed by atoms with E-state index >= 15 is 0 Å². The Hall–Kier alpha value is -9.01. The molecule has 514 valence electrons. The Morgan fingerprint density at radius 3 is 1.57 bits per heavy atom. The van der Waals surface area contributed by atoms with Gasteiger partial charge in [0.05, 0.1) is 25.0 Å². The highest BCUT2D eigenvalue weighted by molar-refractivity contribution is 6.00. The molecule has 14 atom stereocenters. The van der Waals surface area contributed by atoms with Crippen LogP contribution in [-0.4, -0.2) is 201 Å². The summed E-state index contributed by atoms with van der Waals surface area (Å²) in [5, 5.41) is 54.9. The number of nitrogens with zero attached hydrogens (tertiary/aromatic N) is 2. The average Bonchev–Trinajstić information content (AvgIpc) is 1.58. The zero-order valence-corrected chi connectivity index (χ0v) is 53.9. The van der Waals surface area contributed by atoms with E-state index in [1.54, 1.807) is 71.9 Å². The van der Waals surface area contributed by atoms with Crippen molar-refractivity contribution in [1.82, 2.24) is 58.1 Å². The van der Waals surface area contributed by atoms with Gasteiger partial charge in [0.25, 0.3) is 0 Å². The molecule has 12 amide bonds. The number of rotatable bonds is 39. The van der Waals surface area contributed by atoms with Crippen LogP contribution in [0.2, 0.25) is 0 Å². The molecule has 0 unspecified atom stereocenters. The van der Waals surface area contributed by atoms with E-state index in [1.165, 1.54) is 20.8 Å². The number of amides is 12. The van der Waals surface area contributed by atoms with Crippen LogP contribution in [0, 0.1) is 17.8 Å². The van der Waals surface area contributed by atoms with Crippen molar-refractivity contribution in [3.05, 3.63) is 35.9 Å². The van der Waals surface area contributed by atoms with Gasteiger partial charge in [0.1, 0.15) is 66.5 Å². The third-order valence-electron chi connectivity index (χ3n) is 14.8. The molecule has 1 aliphatic rings. The number of likely N-dealkylation sites (tertiary alicyclic amines) is 1. The summed E-state index contributed by atoms with van der Waals surface area (Å²) < 4.78 is 0. The first-order chi connectivity index (χ1) is 43.0. The monoisotopic (exact) mass is 1300 g/mol. The lowest BCUT2D eigenvalue weighted by Gasteiger charge is -2.32. The van der Waals surface area contributed by atoms with Crippen molar-refractivity contribution < 1.29 is 82.4 Å². The van der Waals surface area contributed by atoms with Crippen LogP contribution in [0.5, 0.6) is 0 Å². The van der Waals surface area contributed by atoms with E-state index < -0.39 is 180 Å². The summed E-state index contributed by atoms with van der Waals surface area (Å²) in [6.45, 7) is 15.2. The molecule has 21 N–H and O–H groups in total. The second-order valence-electron chi connectivity index (χ2n) is 23.9. The predicted octanol–water partition coefficient (Wildman–Crippen LogP) is -4.54. The molecule has 0 aromatic heterocycles. The van der Waals surface area contributed by atoms with E-state index in [2.05, 4.69) is 58.2 Å². The van der Waals surface area contributed by atoms with E-state index in [0.29, 0.717) is 5.56 Å². The number of hydrogen-bond donors (Lipinski definition) is 17. The third-order valence-corrected chi connectivity index (χ3v) is 14.8. The molecule has 33 nitrogen and oxygen atoms in total. The normalized spacial score (nSPS) is 17.1. The number of aliphatic hydroxyl groups excluding tert-OH is 1. The van der Waals surface area contributed by atoms with Crippen LogP contribution in [0.15, 0.2) is 35.3 Å². The Morgan fingerprint density at radius 1 is 0.565 bits per heavy atom. The number of nitrogens with one attached hydrogen (secondary N) is 10. The molecule has 0 aliphatic carbocycles. The van der Waals surface area contributed by atoms with E-state index in [0.717, 1.165) is 11.8 Å². The van der Waals surface area contributed by atoms with Gasteiger partial charge >= 0.3 is 11.9 Å². The molecule has 1 aromatic rings. The minimum absolute atomic E-state index is 0.0141. The fourth-order valence-electron chi connectivity index (χ4n) is 9.54. The first kappa shape index (κ1) is 79.1. The Kier molecular flexibility index (Phi) is 33.2. The molecule has 1 saturated heterocycles. The lowest BCUT2D eigenvalue weighted by molar-refractivity contribution is -0.145. The summed E-state index contributed by atoms with van der Waals surface area (Å²) in [7, 11) is 0. The van der Waals surface area contributed by atoms with Crippen LogP contribution in [-0.2, 0) is 73.5 Å². The van der Waals surface area contributed by atoms with Crippen LogP contribution in [0.4, 0.5) is 0 Å². The quantitative estimate of drug-likeness (QED) is 0.0168. The van der Waals surface area contributed by atoms with Gasteiger partial charge in [-0.2, -0.15) is 0 Å². The van der Waals surface area contributed by atoms with E-state index in [1.807, 2.05) is 0 Å². The van der Waals surface area contributed by atoms with Gasteiger partial charge in [-0.05, 0) is 89.5 Å². The molecular formula is C59H96N16O17. The zero-order chi connectivity index (χ0) is 69.9. The number of carboxylic acid groups (broad SMARTS) is 2. The van der Waals surface area contributed by atoms with Gasteiger partial charge < -0.3 is 96.3 Å². The molecule has 1 fully saturated rings. The van der Waals surface area contributed by atoms with Gasteiger partial charge in [-0.15, -0.1) is 0 Å². The largest absolute Gasteiger partial charge is 0.481 e. The van der Waals surface area contributed by atoms with Gasteiger partial charge in [-0.25, -0.2) is 0 Å². The number of nitrogens with two attached hydrogens (primary N) is 4. The molecule has 0 bridgehead atoms. The molecule has 0 saturated carbocycles. The maximum absolute atomic E-state index is 14.5. The standard InChI is InChI=1S/C59H96N16O17/c1-11-30(6)45(73-54(87)40(26-43(61)77)68-47(80)31(7)60)56(89)72-41(27-44(78)79)50(83)65-32(8)48(81)74-46(34(10)76)57(90)75-22-16-20-42(75)55(88)71-38(24-29(4)5)52(85)70-39(25-35-17-13-12-14-18-35)53(86)69-37(23-28(2)3)51(84)67-36(19-15-21-64-59(62)63)49(82)66-33(9)58(91)92/h12-14,17-18,28-34,36-42,45-46,76H,11,15-16,19-27,60H2,1-10H3,(H2,61,77)(H,65,83)(H,66,82)(H,67,84)(H,68,80)(H,69,86)(H,70,85)(H,71,88)(H,72,89)(H,73,87)(H,74,81)(H,78,79)(H,91,92)(H4,62,63,64)/t30-,31-,32-,33-,34+,36-,37-,38-,39-,40-,41-,42-,45-,46-/m0/s1. The molecular weight excluding hydrogens is 1200 g/mol. The summed E-state index contributed by atoms with van der Waals surface area (Å²) >= 11 is 0. The minimum atomic E-state index is -1.88. The van der Waals surface area contributed by atoms with E-state index in [-0.39, 0.29) is 82.3 Å². The second-order valence-corrected chi connectivity index (χ2v) is 23.9. The first-order valence-corrected chi connectivity index (χ1v) is 30.6. The smallest absolute Gasteiger partial charge is 0.325 e. The number of aliphatic hydroxyl groups is 1. The van der Waals surface area contributed by atoms with Crippen molar-refractivity contribution in [2.24, 2.45) is 45.7 Å². The van der Waals surface area contributed by atoms with Crippen molar-refractivity contribution in [3.8, 4) is 0 Å². The minimum Gasteiger partial charge on any atom is -0.481 e. The van der Waals surface area contributed by atoms with Crippen molar-refractivity contribution in [2.75, 3.05) is 13.1 Å². The lowest BCUT2D eigenvalue weighted by atomic mass is 9.97. The summed E-state index contributed by atoms with van der Waals surface area (Å²) in [4.78, 5) is 192.